The number of methoxy groups -OCH3 is 2. The van der Waals surface area contributed by atoms with E-state index in [4.69, 9.17) is 9.47 Å². The molecule has 1 aromatic rings. The van der Waals surface area contributed by atoms with Gasteiger partial charge in [-0.1, -0.05) is 0 Å². The van der Waals surface area contributed by atoms with Crippen molar-refractivity contribution in [3.8, 4) is 0 Å². The van der Waals surface area contributed by atoms with E-state index in [2.05, 4.69) is 14.9 Å². The van der Waals surface area contributed by atoms with Crippen LogP contribution in [0.3, 0.4) is 0 Å². The Morgan fingerprint density at radius 1 is 1.41 bits per heavy atom. The van der Waals surface area contributed by atoms with Gasteiger partial charge in [-0.25, -0.2) is 4.98 Å². The smallest absolute Gasteiger partial charge is 0.202 e. The van der Waals surface area contributed by atoms with Gasteiger partial charge in [-0.05, 0) is 20.3 Å². The average Bonchev–Trinajstić information content (AvgIpc) is 2.75. The summed E-state index contributed by atoms with van der Waals surface area (Å²) in [4.78, 5) is 4.29. The van der Waals surface area contributed by atoms with Crippen LogP contribution >= 0.6 is 0 Å². The number of imidazole rings is 1. The summed E-state index contributed by atoms with van der Waals surface area (Å²) in [7, 11) is 3.43. The van der Waals surface area contributed by atoms with Gasteiger partial charge in [0.05, 0.1) is 5.60 Å². The van der Waals surface area contributed by atoms with Gasteiger partial charge in [-0.2, -0.15) is 0 Å². The molecule has 5 heteroatoms. The van der Waals surface area contributed by atoms with Crippen LogP contribution in [0.4, 0.5) is 5.95 Å². The summed E-state index contributed by atoms with van der Waals surface area (Å²) >= 11 is 0. The molecule has 0 saturated carbocycles. The first-order chi connectivity index (χ1) is 8.09. The Morgan fingerprint density at radius 3 is 2.82 bits per heavy atom. The van der Waals surface area contributed by atoms with Gasteiger partial charge in [0.15, 0.2) is 0 Å². The van der Waals surface area contributed by atoms with E-state index in [0.29, 0.717) is 0 Å². The van der Waals surface area contributed by atoms with Gasteiger partial charge in [-0.3, -0.25) is 0 Å². The molecule has 1 rings (SSSR count). The SMILES string of the molecule is COCCCn1ccnc1NCC(C)(C)OC. The quantitative estimate of drug-likeness (QED) is 0.704. The number of hydrogen-bond donors (Lipinski definition) is 1. The molecule has 1 N–H and O–H groups in total. The third-order valence-corrected chi connectivity index (χ3v) is 2.69. The third-order valence-electron chi connectivity index (χ3n) is 2.69. The lowest BCUT2D eigenvalue weighted by Crippen LogP contribution is -2.32. The average molecular weight is 241 g/mol. The largest absolute Gasteiger partial charge is 0.385 e. The number of anilines is 1. The first kappa shape index (κ1) is 14.0. The van der Waals surface area contributed by atoms with Crippen LogP contribution in [0, 0.1) is 0 Å². The zero-order valence-electron chi connectivity index (χ0n) is 11.2. The molecule has 0 radical (unpaired) electrons. The monoisotopic (exact) mass is 241 g/mol. The van der Waals surface area contributed by atoms with Crippen LogP contribution in [0.25, 0.3) is 0 Å². The molecule has 0 aliphatic heterocycles. The van der Waals surface area contributed by atoms with Crippen LogP contribution in [-0.2, 0) is 16.0 Å². The summed E-state index contributed by atoms with van der Waals surface area (Å²) in [6.07, 6.45) is 4.75. The zero-order chi connectivity index (χ0) is 12.7. The summed E-state index contributed by atoms with van der Waals surface area (Å²) in [5, 5.41) is 3.30. The Kier molecular flexibility index (Phi) is 5.44. The van der Waals surface area contributed by atoms with Crippen molar-refractivity contribution < 1.29 is 9.47 Å². The minimum absolute atomic E-state index is 0.191. The highest BCUT2D eigenvalue weighted by Gasteiger charge is 2.16. The van der Waals surface area contributed by atoms with Crippen molar-refractivity contribution in [3.63, 3.8) is 0 Å². The molecule has 0 saturated heterocycles. The minimum Gasteiger partial charge on any atom is -0.385 e. The van der Waals surface area contributed by atoms with Crippen molar-refractivity contribution in [1.82, 2.24) is 9.55 Å². The minimum atomic E-state index is -0.191. The number of nitrogens with one attached hydrogen (secondary N) is 1. The first-order valence-electron chi connectivity index (χ1n) is 5.88. The third kappa shape index (κ3) is 4.75. The van der Waals surface area contributed by atoms with E-state index in [-0.39, 0.29) is 5.60 Å². The van der Waals surface area contributed by atoms with Gasteiger partial charge < -0.3 is 19.4 Å². The summed E-state index contributed by atoms with van der Waals surface area (Å²) < 4.78 is 12.5. The fourth-order valence-electron chi connectivity index (χ4n) is 1.40. The van der Waals surface area contributed by atoms with Crippen LogP contribution in [0.5, 0.6) is 0 Å². The maximum Gasteiger partial charge on any atom is 0.202 e. The predicted octanol–water partition coefficient (Wildman–Crippen LogP) is 1.76. The van der Waals surface area contributed by atoms with Gasteiger partial charge >= 0.3 is 0 Å². The Balaban J connectivity index is 2.45. The number of rotatable bonds is 8. The molecule has 0 spiro atoms. The Hall–Kier alpha value is -1.07. The molecule has 5 nitrogen and oxygen atoms in total. The highest BCUT2D eigenvalue weighted by molar-refractivity contribution is 5.26. The Morgan fingerprint density at radius 2 is 2.18 bits per heavy atom. The van der Waals surface area contributed by atoms with Crippen molar-refractivity contribution in [3.05, 3.63) is 12.4 Å². The summed E-state index contributed by atoms with van der Waals surface area (Å²) in [6, 6.07) is 0. The second-order valence-corrected chi connectivity index (χ2v) is 4.61. The number of hydrogen-bond acceptors (Lipinski definition) is 4. The number of aryl methyl sites for hydroxylation is 1. The lowest BCUT2D eigenvalue weighted by Gasteiger charge is -2.23. The number of ether oxygens (including phenoxy) is 2. The molecule has 1 heterocycles. The maximum atomic E-state index is 5.35. The fraction of sp³-hybridized carbons (Fsp3) is 0.750. The van der Waals surface area contributed by atoms with Gasteiger partial charge in [0.25, 0.3) is 0 Å². The van der Waals surface area contributed by atoms with Gasteiger partial charge in [-0.15, -0.1) is 0 Å². The van der Waals surface area contributed by atoms with E-state index in [1.54, 1.807) is 20.4 Å². The van der Waals surface area contributed by atoms with Gasteiger partial charge in [0.2, 0.25) is 5.95 Å². The molecule has 0 bridgehead atoms. The van der Waals surface area contributed by atoms with Gasteiger partial charge in [0.1, 0.15) is 0 Å². The molecular weight excluding hydrogens is 218 g/mol. The van der Waals surface area contributed by atoms with E-state index >= 15 is 0 Å². The molecule has 0 fully saturated rings. The summed E-state index contributed by atoms with van der Waals surface area (Å²) in [5.41, 5.74) is -0.191. The van der Waals surface area contributed by atoms with Crippen molar-refractivity contribution >= 4 is 5.95 Å². The lowest BCUT2D eigenvalue weighted by atomic mass is 10.1. The van der Waals surface area contributed by atoms with Crippen LogP contribution in [0.1, 0.15) is 20.3 Å². The predicted molar refractivity (Wildman–Crippen MR) is 68.3 cm³/mol. The lowest BCUT2D eigenvalue weighted by molar-refractivity contribution is 0.0342. The van der Waals surface area contributed by atoms with E-state index in [9.17, 15) is 0 Å². The first-order valence-corrected chi connectivity index (χ1v) is 5.88. The molecule has 98 valence electrons. The van der Waals surface area contributed by atoms with Crippen molar-refractivity contribution in [2.24, 2.45) is 0 Å². The molecule has 0 aromatic carbocycles. The zero-order valence-corrected chi connectivity index (χ0v) is 11.2. The highest BCUT2D eigenvalue weighted by atomic mass is 16.5. The van der Waals surface area contributed by atoms with Crippen molar-refractivity contribution in [2.75, 3.05) is 32.7 Å². The Labute approximate surface area is 103 Å². The second kappa shape index (κ2) is 6.61. The summed E-state index contributed by atoms with van der Waals surface area (Å²) in [6.45, 7) is 6.48. The second-order valence-electron chi connectivity index (χ2n) is 4.61. The maximum absolute atomic E-state index is 5.35. The molecule has 0 amide bonds. The van der Waals surface area contributed by atoms with Crippen LogP contribution in [0.2, 0.25) is 0 Å². The van der Waals surface area contributed by atoms with Gasteiger partial charge in [0, 0.05) is 46.3 Å². The topological polar surface area (TPSA) is 48.3 Å². The van der Waals surface area contributed by atoms with E-state index in [1.165, 1.54) is 0 Å². The fourth-order valence-corrected chi connectivity index (χ4v) is 1.40. The van der Waals surface area contributed by atoms with Crippen LogP contribution in [-0.4, -0.2) is 42.5 Å². The van der Waals surface area contributed by atoms with Crippen LogP contribution < -0.4 is 5.32 Å². The molecule has 0 aliphatic rings. The van der Waals surface area contributed by atoms with Crippen LogP contribution in [0.15, 0.2) is 12.4 Å². The summed E-state index contributed by atoms with van der Waals surface area (Å²) in [5.74, 6) is 0.881. The molecule has 0 aliphatic carbocycles. The van der Waals surface area contributed by atoms with Crippen molar-refractivity contribution in [1.29, 1.82) is 0 Å². The van der Waals surface area contributed by atoms with Crippen molar-refractivity contribution in [2.45, 2.75) is 32.4 Å². The van der Waals surface area contributed by atoms with E-state index in [1.807, 2.05) is 20.0 Å². The Bertz CT molecular complexity index is 323. The number of nitrogens with zero attached hydrogens (tertiary/aromatic N) is 2. The molecule has 0 unspecified atom stereocenters. The molecular formula is C12H23N3O2. The molecule has 17 heavy (non-hydrogen) atoms. The highest BCUT2D eigenvalue weighted by Crippen LogP contribution is 2.11. The normalized spacial score (nSPS) is 11.8. The van der Waals surface area contributed by atoms with E-state index in [0.717, 1.165) is 32.1 Å². The molecule has 0 atom stereocenters. The number of aromatic nitrogens is 2. The standard InChI is InChI=1S/C12H23N3O2/c1-12(2,17-4)10-14-11-13-6-8-15(11)7-5-9-16-3/h6,8H,5,7,9-10H2,1-4H3,(H,13,14). The molecule has 1 aromatic heterocycles. The van der Waals surface area contributed by atoms with E-state index < -0.39 is 0 Å².